The van der Waals surface area contributed by atoms with Gasteiger partial charge in [0, 0.05) is 6.04 Å². The van der Waals surface area contributed by atoms with Gasteiger partial charge in [0.1, 0.15) is 6.23 Å². The topological polar surface area (TPSA) is 54.5 Å². The summed E-state index contributed by atoms with van der Waals surface area (Å²) in [6, 6.07) is 8.02. The van der Waals surface area contributed by atoms with Crippen LogP contribution in [-0.4, -0.2) is 47.6 Å². The fourth-order valence-electron chi connectivity index (χ4n) is 4.77. The quantitative estimate of drug-likeness (QED) is 0.503. The summed E-state index contributed by atoms with van der Waals surface area (Å²) < 4.78 is 95.8. The maximum absolute atomic E-state index is 14.6. The third-order valence-electron chi connectivity index (χ3n) is 6.69. The molecule has 0 amide bonds. The predicted molar refractivity (Wildman–Crippen MR) is 115 cm³/mol. The Hall–Kier alpha value is -1.05. The lowest BCUT2D eigenvalue weighted by molar-refractivity contribution is -0.320. The van der Waals surface area contributed by atoms with Gasteiger partial charge in [-0.2, -0.15) is 26.3 Å². The van der Waals surface area contributed by atoms with Gasteiger partial charge < -0.3 is 9.47 Å². The molecule has 4 rings (SSSR count). The van der Waals surface area contributed by atoms with Gasteiger partial charge in [0.25, 0.3) is 0 Å². The number of halogens is 6. The van der Waals surface area contributed by atoms with Crippen LogP contribution in [-0.2, 0) is 16.1 Å². The van der Waals surface area contributed by atoms with Crippen molar-refractivity contribution < 1.29 is 35.8 Å². The highest BCUT2D eigenvalue weighted by Crippen LogP contribution is 2.45. The van der Waals surface area contributed by atoms with Crippen molar-refractivity contribution in [3.8, 4) is 0 Å². The maximum atomic E-state index is 14.6. The Kier molecular flexibility index (Phi) is 8.05. The minimum atomic E-state index is -4.74. The summed E-state index contributed by atoms with van der Waals surface area (Å²) in [5, 5.41) is 2.12. The normalized spacial score (nSPS) is 35.8. The van der Waals surface area contributed by atoms with Crippen LogP contribution >= 0.6 is 11.8 Å². The smallest absolute Gasteiger partial charge is 0.357 e. The first-order valence-electron chi connectivity index (χ1n) is 11.5. The summed E-state index contributed by atoms with van der Waals surface area (Å²) in [5.74, 6) is -1.07. The molecule has 3 aliphatic heterocycles. The number of fused-ring (bicyclic) bond motifs is 5. The molecule has 5 nitrogen and oxygen atoms in total. The highest BCUT2D eigenvalue weighted by atomic mass is 32.2. The molecule has 3 aliphatic rings. The van der Waals surface area contributed by atoms with Gasteiger partial charge in [0.15, 0.2) is 6.23 Å². The van der Waals surface area contributed by atoms with E-state index in [-0.39, 0.29) is 32.3 Å². The van der Waals surface area contributed by atoms with Gasteiger partial charge in [0.05, 0.1) is 17.9 Å². The SMILES string of the molecule is FC(F)(F)C1CCC2NC1SCCCCC[C@](OCc1ccccc1)(C(F)(F)F)C1NNC2O1. The Morgan fingerprint density at radius 3 is 2.47 bits per heavy atom. The molecule has 4 bridgehead atoms. The molecule has 3 N–H and O–H groups in total. The molecule has 0 aromatic heterocycles. The van der Waals surface area contributed by atoms with Gasteiger partial charge in [-0.1, -0.05) is 43.2 Å². The van der Waals surface area contributed by atoms with Crippen LogP contribution in [0.15, 0.2) is 30.3 Å². The molecule has 0 spiro atoms. The Labute approximate surface area is 198 Å². The van der Waals surface area contributed by atoms with Crippen LogP contribution in [0.5, 0.6) is 0 Å². The Morgan fingerprint density at radius 2 is 1.76 bits per heavy atom. The molecule has 1 aromatic rings. The summed E-state index contributed by atoms with van der Waals surface area (Å²) in [7, 11) is 0. The predicted octanol–water partition coefficient (Wildman–Crippen LogP) is 4.84. The van der Waals surface area contributed by atoms with E-state index in [4.69, 9.17) is 9.47 Å². The van der Waals surface area contributed by atoms with E-state index in [0.29, 0.717) is 24.2 Å². The maximum Gasteiger partial charge on any atom is 0.421 e. The number of hydrogen-bond acceptors (Lipinski definition) is 6. The number of nitrogens with one attached hydrogen (secondary N) is 3. The van der Waals surface area contributed by atoms with Gasteiger partial charge in [0.2, 0.25) is 5.60 Å². The molecular formula is C22H29F6N3O2S. The molecule has 12 heteroatoms. The third-order valence-corrected chi connectivity index (χ3v) is 8.04. The van der Waals surface area contributed by atoms with E-state index in [2.05, 4.69) is 16.2 Å². The molecule has 3 saturated heterocycles. The molecule has 3 fully saturated rings. The van der Waals surface area contributed by atoms with Gasteiger partial charge in [-0.05, 0) is 37.0 Å². The molecule has 34 heavy (non-hydrogen) atoms. The van der Waals surface area contributed by atoms with Crippen molar-refractivity contribution >= 4 is 11.8 Å². The molecule has 3 heterocycles. The van der Waals surface area contributed by atoms with Crippen LogP contribution in [0.4, 0.5) is 26.3 Å². The highest BCUT2D eigenvalue weighted by Gasteiger charge is 2.63. The molecule has 1 aromatic carbocycles. The van der Waals surface area contributed by atoms with Gasteiger partial charge in [-0.3, -0.25) is 5.32 Å². The minimum absolute atomic E-state index is 0.111. The van der Waals surface area contributed by atoms with Crippen LogP contribution in [0.2, 0.25) is 0 Å². The lowest BCUT2D eigenvalue weighted by Gasteiger charge is -2.41. The number of piperidine rings is 1. The summed E-state index contributed by atoms with van der Waals surface area (Å²) in [6.45, 7) is -0.251. The van der Waals surface area contributed by atoms with Crippen LogP contribution in [0, 0.1) is 5.92 Å². The summed E-state index contributed by atoms with van der Waals surface area (Å²) in [5.41, 5.74) is 3.33. The van der Waals surface area contributed by atoms with Crippen molar-refractivity contribution in [2.75, 3.05) is 5.75 Å². The van der Waals surface area contributed by atoms with Crippen LogP contribution < -0.4 is 16.2 Å². The number of hydrogen-bond donors (Lipinski definition) is 3. The molecule has 0 saturated carbocycles. The Bertz CT molecular complexity index is 799. The van der Waals surface area contributed by atoms with Crippen molar-refractivity contribution in [3.05, 3.63) is 35.9 Å². The second-order valence-electron chi connectivity index (χ2n) is 8.99. The van der Waals surface area contributed by atoms with E-state index in [1.165, 1.54) is 11.8 Å². The number of benzene rings is 1. The van der Waals surface area contributed by atoms with E-state index in [0.717, 1.165) is 0 Å². The van der Waals surface area contributed by atoms with Crippen molar-refractivity contribution in [1.29, 1.82) is 0 Å². The number of alkyl halides is 6. The molecule has 0 aliphatic carbocycles. The number of hydrazine groups is 1. The fraction of sp³-hybridized carbons (Fsp3) is 0.727. The molecule has 0 radical (unpaired) electrons. The van der Waals surface area contributed by atoms with Gasteiger partial charge >= 0.3 is 12.4 Å². The molecule has 5 unspecified atom stereocenters. The van der Waals surface area contributed by atoms with Crippen LogP contribution in [0.25, 0.3) is 0 Å². The second-order valence-corrected chi connectivity index (χ2v) is 10.2. The zero-order valence-corrected chi connectivity index (χ0v) is 19.2. The largest absolute Gasteiger partial charge is 0.421 e. The third kappa shape index (κ3) is 5.67. The van der Waals surface area contributed by atoms with Crippen LogP contribution in [0.3, 0.4) is 0 Å². The van der Waals surface area contributed by atoms with E-state index in [1.807, 2.05) is 0 Å². The van der Waals surface area contributed by atoms with Crippen molar-refractivity contribution in [1.82, 2.24) is 16.2 Å². The van der Waals surface area contributed by atoms with E-state index >= 15 is 0 Å². The molecule has 192 valence electrons. The van der Waals surface area contributed by atoms with Crippen molar-refractivity contribution in [3.63, 3.8) is 0 Å². The number of rotatable bonds is 3. The summed E-state index contributed by atoms with van der Waals surface area (Å²) >= 11 is 1.18. The minimum Gasteiger partial charge on any atom is -0.357 e. The number of ether oxygens (including phenoxy) is 2. The first-order chi connectivity index (χ1) is 16.1. The van der Waals surface area contributed by atoms with E-state index in [1.54, 1.807) is 30.3 Å². The summed E-state index contributed by atoms with van der Waals surface area (Å²) in [6.07, 6.45) is -10.7. The monoisotopic (exact) mass is 513 g/mol. The average Bonchev–Trinajstić information content (AvgIpc) is 3.27. The van der Waals surface area contributed by atoms with E-state index in [9.17, 15) is 26.3 Å². The first kappa shape index (κ1) is 26.0. The lowest BCUT2D eigenvalue weighted by atomic mass is 9.92. The van der Waals surface area contributed by atoms with Crippen LogP contribution in [0.1, 0.15) is 44.1 Å². The highest BCUT2D eigenvalue weighted by molar-refractivity contribution is 7.99. The standard InChI is InChI=1S/C22H29F6N3O2S/c23-21(24,25)15-9-10-16-17-30-31-19(33-17)20(22(26,27)28,32-13-14-7-3-1-4-8-14)11-5-2-6-12-34-18(15)29-16/h1,3-4,7-8,15-19,29-31H,2,5-6,9-13H2/t15?,16?,17?,18?,19?,20-/m1/s1. The molecular weight excluding hydrogens is 484 g/mol. The first-order valence-corrected chi connectivity index (χ1v) is 12.5. The fourth-order valence-corrected chi connectivity index (χ4v) is 6.19. The van der Waals surface area contributed by atoms with Gasteiger partial charge in [-0.15, -0.1) is 11.8 Å². The zero-order valence-electron chi connectivity index (χ0n) is 18.4. The van der Waals surface area contributed by atoms with Crippen molar-refractivity contribution in [2.45, 2.75) is 87.0 Å². The Balaban J connectivity index is 1.57. The second kappa shape index (κ2) is 10.5. The zero-order chi connectivity index (χ0) is 24.4. The molecule has 6 atom stereocenters. The number of thioether (sulfide) groups is 1. The summed E-state index contributed by atoms with van der Waals surface area (Å²) in [4.78, 5) is 0. The Morgan fingerprint density at radius 1 is 1.00 bits per heavy atom. The van der Waals surface area contributed by atoms with Gasteiger partial charge in [-0.25, -0.2) is 10.9 Å². The average molecular weight is 514 g/mol. The lowest BCUT2D eigenvalue weighted by Crippen LogP contribution is -2.61. The van der Waals surface area contributed by atoms with Crippen molar-refractivity contribution in [2.24, 2.45) is 5.92 Å². The van der Waals surface area contributed by atoms with E-state index < -0.39 is 47.7 Å².